The zero-order valence-electron chi connectivity index (χ0n) is 8.69. The van der Waals surface area contributed by atoms with Crippen molar-refractivity contribution >= 4 is 5.97 Å². The lowest BCUT2D eigenvalue weighted by Gasteiger charge is -2.07. The number of hydrogen-bond donors (Lipinski definition) is 1. The molecule has 1 saturated heterocycles. The lowest BCUT2D eigenvalue weighted by molar-refractivity contribution is -0.137. The molecule has 1 aliphatic heterocycles. The fraction of sp³-hybridized carbons (Fsp3) is 0.750. The van der Waals surface area contributed by atoms with Crippen molar-refractivity contribution in [1.82, 2.24) is 0 Å². The standard InChI is InChI=1S/C12H16O3/c13-10(14)6-4-2-1-3-5-8-11-12(8)7-9(12)15-11/h1,3,8-9,11H,2,4-7H2,(H,13,14)/b3-1-/t8-,9?,11?,12?/m0/s1. The quantitative estimate of drug-likeness (QED) is 0.536. The summed E-state index contributed by atoms with van der Waals surface area (Å²) in [4.78, 5) is 10.3. The van der Waals surface area contributed by atoms with Crippen LogP contribution in [-0.2, 0) is 9.53 Å². The van der Waals surface area contributed by atoms with Gasteiger partial charge in [0, 0.05) is 11.8 Å². The van der Waals surface area contributed by atoms with Crippen molar-refractivity contribution in [3.8, 4) is 0 Å². The molecule has 3 heteroatoms. The van der Waals surface area contributed by atoms with E-state index in [1.165, 1.54) is 6.42 Å². The molecule has 4 atom stereocenters. The molecule has 3 fully saturated rings. The van der Waals surface area contributed by atoms with Crippen LogP contribution in [0.5, 0.6) is 0 Å². The smallest absolute Gasteiger partial charge is 0.303 e. The summed E-state index contributed by atoms with van der Waals surface area (Å²) in [6, 6.07) is 0. The molecule has 3 aliphatic rings. The van der Waals surface area contributed by atoms with Gasteiger partial charge >= 0.3 is 5.97 Å². The van der Waals surface area contributed by atoms with E-state index in [1.54, 1.807) is 0 Å². The molecule has 2 saturated carbocycles. The summed E-state index contributed by atoms with van der Waals surface area (Å²) in [5.74, 6) is 0.0926. The molecule has 1 N–H and O–H groups in total. The summed E-state index contributed by atoms with van der Waals surface area (Å²) in [5, 5.41) is 8.44. The maximum Gasteiger partial charge on any atom is 0.303 e. The Hall–Kier alpha value is -0.830. The third-order valence-corrected chi connectivity index (χ3v) is 4.08. The molecule has 0 aromatic rings. The molecule has 3 unspecified atom stereocenters. The second-order valence-electron chi connectivity index (χ2n) is 4.96. The molecular weight excluding hydrogens is 192 g/mol. The molecule has 0 bridgehead atoms. The fourth-order valence-electron chi connectivity index (χ4n) is 3.03. The molecule has 82 valence electrons. The SMILES string of the molecule is O=C(O)CCC/C=C\C[C@H]1C2OC3CC321. The Labute approximate surface area is 89.1 Å². The van der Waals surface area contributed by atoms with Crippen molar-refractivity contribution < 1.29 is 14.6 Å². The van der Waals surface area contributed by atoms with E-state index in [2.05, 4.69) is 12.2 Å². The summed E-state index contributed by atoms with van der Waals surface area (Å²) in [7, 11) is 0. The first-order valence-corrected chi connectivity index (χ1v) is 5.77. The van der Waals surface area contributed by atoms with Gasteiger partial charge in [-0.3, -0.25) is 4.79 Å². The number of aliphatic carboxylic acids is 1. The maximum atomic E-state index is 10.3. The number of unbranched alkanes of at least 4 members (excludes halogenated alkanes) is 1. The first-order valence-electron chi connectivity index (χ1n) is 5.77. The lowest BCUT2D eigenvalue weighted by Crippen LogP contribution is -2.12. The summed E-state index contributed by atoms with van der Waals surface area (Å²) < 4.78 is 5.59. The highest BCUT2D eigenvalue weighted by atomic mass is 16.6. The largest absolute Gasteiger partial charge is 0.481 e. The highest BCUT2D eigenvalue weighted by Gasteiger charge is 2.87. The van der Waals surface area contributed by atoms with E-state index in [0.717, 1.165) is 25.2 Å². The van der Waals surface area contributed by atoms with Gasteiger partial charge in [0.05, 0.1) is 12.2 Å². The number of carbonyl (C=O) groups is 1. The number of carboxylic acid groups (broad SMARTS) is 1. The molecule has 0 radical (unpaired) electrons. The number of allylic oxidation sites excluding steroid dienone is 2. The minimum Gasteiger partial charge on any atom is -0.481 e. The number of hydrogen-bond acceptors (Lipinski definition) is 2. The van der Waals surface area contributed by atoms with Crippen LogP contribution < -0.4 is 0 Å². The van der Waals surface area contributed by atoms with Crippen molar-refractivity contribution in [3.63, 3.8) is 0 Å². The Morgan fingerprint density at radius 1 is 1.53 bits per heavy atom. The Morgan fingerprint density at radius 3 is 2.93 bits per heavy atom. The van der Waals surface area contributed by atoms with Crippen molar-refractivity contribution in [3.05, 3.63) is 12.2 Å². The van der Waals surface area contributed by atoms with Gasteiger partial charge in [-0.15, -0.1) is 0 Å². The molecule has 0 amide bonds. The Morgan fingerprint density at radius 2 is 2.40 bits per heavy atom. The second-order valence-corrected chi connectivity index (χ2v) is 4.96. The zero-order valence-corrected chi connectivity index (χ0v) is 8.69. The molecular formula is C12H16O3. The van der Waals surface area contributed by atoms with Gasteiger partial charge < -0.3 is 9.84 Å². The van der Waals surface area contributed by atoms with E-state index in [-0.39, 0.29) is 6.42 Å². The third kappa shape index (κ3) is 1.33. The summed E-state index contributed by atoms with van der Waals surface area (Å²) >= 11 is 0. The molecule has 2 aliphatic carbocycles. The number of ether oxygens (including phenoxy) is 1. The highest BCUT2D eigenvalue weighted by Crippen LogP contribution is 2.82. The van der Waals surface area contributed by atoms with Crippen LogP contribution in [0.15, 0.2) is 12.2 Å². The first-order chi connectivity index (χ1) is 7.25. The van der Waals surface area contributed by atoms with Gasteiger partial charge in [0.2, 0.25) is 0 Å². The number of carboxylic acids is 1. The maximum absolute atomic E-state index is 10.3. The highest BCUT2D eigenvalue weighted by molar-refractivity contribution is 5.66. The summed E-state index contributed by atoms with van der Waals surface area (Å²) in [6.07, 6.45) is 9.90. The lowest BCUT2D eigenvalue weighted by atomic mass is 10.2. The van der Waals surface area contributed by atoms with Crippen LogP contribution in [0.1, 0.15) is 32.1 Å². The minimum atomic E-state index is -0.697. The van der Waals surface area contributed by atoms with Gasteiger partial charge in [-0.25, -0.2) is 0 Å². The van der Waals surface area contributed by atoms with Crippen molar-refractivity contribution in [2.75, 3.05) is 0 Å². The average Bonchev–Trinajstić information content (AvgIpc) is 2.94. The second kappa shape index (κ2) is 3.08. The van der Waals surface area contributed by atoms with Gasteiger partial charge in [-0.1, -0.05) is 12.2 Å². The molecule has 1 heterocycles. The molecule has 15 heavy (non-hydrogen) atoms. The fourth-order valence-corrected chi connectivity index (χ4v) is 3.03. The van der Waals surface area contributed by atoms with Crippen molar-refractivity contribution in [2.24, 2.45) is 11.3 Å². The van der Waals surface area contributed by atoms with Crippen molar-refractivity contribution in [2.45, 2.75) is 44.3 Å². The minimum absolute atomic E-state index is 0.283. The van der Waals surface area contributed by atoms with Gasteiger partial charge in [0.15, 0.2) is 0 Å². The summed E-state index contributed by atoms with van der Waals surface area (Å²) in [5.41, 5.74) is 0.644. The van der Waals surface area contributed by atoms with Crippen LogP contribution >= 0.6 is 0 Å². The van der Waals surface area contributed by atoms with Gasteiger partial charge in [0.25, 0.3) is 0 Å². The molecule has 1 spiro atoms. The van der Waals surface area contributed by atoms with Gasteiger partial charge in [-0.2, -0.15) is 0 Å². The predicted molar refractivity (Wildman–Crippen MR) is 54.4 cm³/mol. The predicted octanol–water partition coefficient (Wildman–Crippen LogP) is 1.97. The van der Waals surface area contributed by atoms with Crippen LogP contribution in [-0.4, -0.2) is 23.3 Å². The Kier molecular flexibility index (Phi) is 1.93. The third-order valence-electron chi connectivity index (χ3n) is 4.08. The van der Waals surface area contributed by atoms with Crippen molar-refractivity contribution in [1.29, 1.82) is 0 Å². The van der Waals surface area contributed by atoms with E-state index in [1.807, 2.05) is 0 Å². The summed E-state index contributed by atoms with van der Waals surface area (Å²) in [6.45, 7) is 0. The van der Waals surface area contributed by atoms with Crippen LogP contribution in [0.4, 0.5) is 0 Å². The molecule has 0 aromatic heterocycles. The monoisotopic (exact) mass is 208 g/mol. The molecule has 3 nitrogen and oxygen atoms in total. The van der Waals surface area contributed by atoms with E-state index < -0.39 is 5.97 Å². The number of rotatable bonds is 6. The van der Waals surface area contributed by atoms with Crippen LogP contribution in [0.2, 0.25) is 0 Å². The average molecular weight is 208 g/mol. The van der Waals surface area contributed by atoms with E-state index in [9.17, 15) is 4.79 Å². The van der Waals surface area contributed by atoms with Gasteiger partial charge in [0.1, 0.15) is 0 Å². The Bertz CT molecular complexity index is 321. The van der Waals surface area contributed by atoms with Gasteiger partial charge in [-0.05, 0) is 31.6 Å². The topological polar surface area (TPSA) is 46.5 Å². The molecule has 0 aromatic carbocycles. The van der Waals surface area contributed by atoms with E-state index in [4.69, 9.17) is 9.84 Å². The van der Waals surface area contributed by atoms with Crippen LogP contribution in [0.25, 0.3) is 0 Å². The van der Waals surface area contributed by atoms with Crippen LogP contribution in [0.3, 0.4) is 0 Å². The van der Waals surface area contributed by atoms with E-state index >= 15 is 0 Å². The first kappa shape index (κ1) is 9.40. The molecule has 3 rings (SSSR count). The normalized spacial score (nSPS) is 44.4. The van der Waals surface area contributed by atoms with E-state index in [0.29, 0.717) is 17.6 Å². The Balaban J connectivity index is 1.30. The van der Waals surface area contributed by atoms with Crippen LogP contribution in [0, 0.1) is 11.3 Å². The zero-order chi connectivity index (χ0) is 10.5.